The molecule has 78 valence electrons. The second kappa shape index (κ2) is 3.39. The lowest BCUT2D eigenvalue weighted by atomic mass is 9.96. The van der Waals surface area contributed by atoms with Gasteiger partial charge in [-0.2, -0.15) is 0 Å². The number of hydrogen-bond acceptors (Lipinski definition) is 2. The van der Waals surface area contributed by atoms with Crippen LogP contribution in [0.25, 0.3) is 0 Å². The van der Waals surface area contributed by atoms with E-state index in [2.05, 4.69) is 36.1 Å². The number of imidazole rings is 1. The summed E-state index contributed by atoms with van der Waals surface area (Å²) in [5.74, 6) is 1.13. The van der Waals surface area contributed by atoms with Crippen LogP contribution in [0.15, 0.2) is 0 Å². The lowest BCUT2D eigenvalue weighted by molar-refractivity contribution is 0.548. The molecular weight excluding hydrogens is 174 g/mol. The van der Waals surface area contributed by atoms with Gasteiger partial charge in [-0.05, 0) is 0 Å². The van der Waals surface area contributed by atoms with Gasteiger partial charge in [-0.25, -0.2) is 4.98 Å². The van der Waals surface area contributed by atoms with Crippen LogP contribution in [0, 0.1) is 0 Å². The Bertz CT molecular complexity index is 296. The lowest BCUT2D eigenvalue weighted by Gasteiger charge is -2.14. The molecule has 0 saturated heterocycles. The predicted molar refractivity (Wildman–Crippen MR) is 57.6 cm³/mol. The third kappa shape index (κ3) is 1.82. The van der Waals surface area contributed by atoms with Crippen molar-refractivity contribution in [3.05, 3.63) is 17.2 Å². The molecule has 3 heteroatoms. The van der Waals surface area contributed by atoms with Crippen molar-refractivity contribution in [1.29, 1.82) is 0 Å². The minimum Gasteiger partial charge on any atom is -0.345 e. The van der Waals surface area contributed by atoms with Crippen LogP contribution in [-0.4, -0.2) is 23.1 Å². The van der Waals surface area contributed by atoms with Gasteiger partial charge < -0.3 is 10.3 Å². The molecule has 3 nitrogen and oxygen atoms in total. The molecule has 0 aromatic carbocycles. The molecule has 1 aromatic heterocycles. The molecule has 2 N–H and O–H groups in total. The highest BCUT2D eigenvalue weighted by Crippen LogP contribution is 2.21. The van der Waals surface area contributed by atoms with E-state index in [1.165, 1.54) is 11.4 Å². The number of H-pyrrole nitrogens is 1. The quantitative estimate of drug-likeness (QED) is 0.654. The fourth-order valence-corrected chi connectivity index (χ4v) is 1.76. The first-order chi connectivity index (χ1) is 6.57. The van der Waals surface area contributed by atoms with Crippen molar-refractivity contribution in [1.82, 2.24) is 15.3 Å². The SMILES string of the molecule is CC(C)(C)c1nc2c([nH]1)CCNCC2. The van der Waals surface area contributed by atoms with Crippen LogP contribution in [0.2, 0.25) is 0 Å². The molecule has 0 radical (unpaired) electrons. The van der Waals surface area contributed by atoms with E-state index >= 15 is 0 Å². The lowest BCUT2D eigenvalue weighted by Crippen LogP contribution is -2.18. The average molecular weight is 193 g/mol. The minimum atomic E-state index is 0.139. The van der Waals surface area contributed by atoms with E-state index in [1.807, 2.05) is 0 Å². The zero-order valence-corrected chi connectivity index (χ0v) is 9.28. The van der Waals surface area contributed by atoms with Crippen molar-refractivity contribution in [2.75, 3.05) is 13.1 Å². The van der Waals surface area contributed by atoms with Gasteiger partial charge in [-0.1, -0.05) is 20.8 Å². The molecule has 0 fully saturated rings. The first-order valence-electron chi connectivity index (χ1n) is 5.36. The third-order valence-corrected chi connectivity index (χ3v) is 2.67. The predicted octanol–water partition coefficient (Wildman–Crippen LogP) is 1.40. The summed E-state index contributed by atoms with van der Waals surface area (Å²) in [4.78, 5) is 8.15. The molecule has 0 aliphatic carbocycles. The zero-order valence-electron chi connectivity index (χ0n) is 9.28. The van der Waals surface area contributed by atoms with Gasteiger partial charge in [-0.3, -0.25) is 0 Å². The fraction of sp³-hybridized carbons (Fsp3) is 0.727. The number of hydrogen-bond donors (Lipinski definition) is 2. The molecule has 2 rings (SSSR count). The number of nitrogens with zero attached hydrogens (tertiary/aromatic N) is 1. The van der Waals surface area contributed by atoms with Crippen LogP contribution >= 0.6 is 0 Å². The van der Waals surface area contributed by atoms with E-state index in [0.717, 1.165) is 31.8 Å². The Hall–Kier alpha value is -0.830. The Balaban J connectivity index is 2.31. The summed E-state index contributed by atoms with van der Waals surface area (Å²) < 4.78 is 0. The molecule has 1 aliphatic heterocycles. The maximum absolute atomic E-state index is 4.69. The number of aromatic amines is 1. The summed E-state index contributed by atoms with van der Waals surface area (Å²) in [6.07, 6.45) is 2.14. The van der Waals surface area contributed by atoms with Gasteiger partial charge in [0.05, 0.1) is 5.69 Å². The van der Waals surface area contributed by atoms with Gasteiger partial charge in [0.2, 0.25) is 0 Å². The summed E-state index contributed by atoms with van der Waals surface area (Å²) in [6, 6.07) is 0. The Morgan fingerprint density at radius 2 is 1.86 bits per heavy atom. The smallest absolute Gasteiger partial charge is 0.111 e. The molecule has 2 heterocycles. The summed E-state index contributed by atoms with van der Waals surface area (Å²) in [5.41, 5.74) is 2.74. The third-order valence-electron chi connectivity index (χ3n) is 2.67. The molecule has 0 amide bonds. The van der Waals surface area contributed by atoms with Gasteiger partial charge in [0, 0.05) is 37.0 Å². The van der Waals surface area contributed by atoms with Crippen molar-refractivity contribution in [3.8, 4) is 0 Å². The molecule has 0 bridgehead atoms. The number of rotatable bonds is 0. The molecule has 0 atom stereocenters. The normalized spacial score (nSPS) is 17.6. The van der Waals surface area contributed by atoms with E-state index in [-0.39, 0.29) is 5.41 Å². The first kappa shape index (κ1) is 9.71. The molecule has 0 saturated carbocycles. The highest BCUT2D eigenvalue weighted by Gasteiger charge is 2.21. The highest BCUT2D eigenvalue weighted by atomic mass is 15.0. The van der Waals surface area contributed by atoms with Crippen LogP contribution in [0.1, 0.15) is 38.0 Å². The minimum absolute atomic E-state index is 0.139. The molecule has 1 aromatic rings. The summed E-state index contributed by atoms with van der Waals surface area (Å²) in [5, 5.41) is 3.38. The Morgan fingerprint density at radius 1 is 1.14 bits per heavy atom. The molecule has 0 spiro atoms. The van der Waals surface area contributed by atoms with Crippen molar-refractivity contribution in [3.63, 3.8) is 0 Å². The van der Waals surface area contributed by atoms with Crippen molar-refractivity contribution in [2.45, 2.75) is 39.0 Å². The fourth-order valence-electron chi connectivity index (χ4n) is 1.76. The van der Waals surface area contributed by atoms with Crippen LogP contribution in [0.3, 0.4) is 0 Å². The van der Waals surface area contributed by atoms with Gasteiger partial charge >= 0.3 is 0 Å². The van der Waals surface area contributed by atoms with Gasteiger partial charge in [0.15, 0.2) is 0 Å². The summed E-state index contributed by atoms with van der Waals surface area (Å²) in [6.45, 7) is 8.72. The topological polar surface area (TPSA) is 40.7 Å². The Labute approximate surface area is 85.3 Å². The van der Waals surface area contributed by atoms with Gasteiger partial charge in [0.1, 0.15) is 5.82 Å². The average Bonchev–Trinajstić information content (AvgIpc) is 2.38. The second-order valence-electron chi connectivity index (χ2n) is 5.01. The molecular formula is C11H19N3. The van der Waals surface area contributed by atoms with Crippen molar-refractivity contribution < 1.29 is 0 Å². The van der Waals surface area contributed by atoms with Crippen LogP contribution < -0.4 is 5.32 Å². The standard InChI is InChI=1S/C11H19N3/c1-11(2,3)10-13-8-4-6-12-7-5-9(8)14-10/h12H,4-7H2,1-3H3,(H,13,14). The van der Waals surface area contributed by atoms with E-state index in [9.17, 15) is 0 Å². The molecule has 0 unspecified atom stereocenters. The maximum atomic E-state index is 4.69. The van der Waals surface area contributed by atoms with Crippen LogP contribution in [0.5, 0.6) is 0 Å². The van der Waals surface area contributed by atoms with Gasteiger partial charge in [0.25, 0.3) is 0 Å². The monoisotopic (exact) mass is 193 g/mol. The zero-order chi connectivity index (χ0) is 10.2. The molecule has 14 heavy (non-hydrogen) atoms. The van der Waals surface area contributed by atoms with Crippen LogP contribution in [-0.2, 0) is 18.3 Å². The first-order valence-corrected chi connectivity index (χ1v) is 5.36. The number of fused-ring (bicyclic) bond motifs is 1. The second-order valence-corrected chi connectivity index (χ2v) is 5.01. The highest BCUT2D eigenvalue weighted by molar-refractivity contribution is 5.20. The summed E-state index contributed by atoms with van der Waals surface area (Å²) >= 11 is 0. The van der Waals surface area contributed by atoms with Crippen LogP contribution in [0.4, 0.5) is 0 Å². The van der Waals surface area contributed by atoms with Crippen molar-refractivity contribution >= 4 is 0 Å². The van der Waals surface area contributed by atoms with E-state index in [4.69, 9.17) is 0 Å². The van der Waals surface area contributed by atoms with Crippen molar-refractivity contribution in [2.24, 2.45) is 0 Å². The van der Waals surface area contributed by atoms with Gasteiger partial charge in [-0.15, -0.1) is 0 Å². The number of aromatic nitrogens is 2. The van der Waals surface area contributed by atoms with E-state index in [0.29, 0.717) is 0 Å². The Morgan fingerprint density at radius 3 is 2.57 bits per heavy atom. The maximum Gasteiger partial charge on any atom is 0.111 e. The largest absolute Gasteiger partial charge is 0.345 e. The van der Waals surface area contributed by atoms with E-state index < -0.39 is 0 Å². The van der Waals surface area contributed by atoms with E-state index in [1.54, 1.807) is 0 Å². The molecule has 1 aliphatic rings. The number of nitrogens with one attached hydrogen (secondary N) is 2. The summed E-state index contributed by atoms with van der Waals surface area (Å²) in [7, 11) is 0. The Kier molecular flexibility index (Phi) is 2.35.